The first-order valence-electron chi connectivity index (χ1n) is 43.2. The number of likely N-dealkylation sites (tertiary alicyclic amines) is 1. The standard InChI is InChI=1S/C94H135N11O16/c1-59(2)45-72-80(106)55-71(91(118)103(16)78(53-68-39-29-21-30-40-68)87(114)95-64(11)89(116)105-43-31-22-32-44-105)57-84(110)99(12)58-83(109)96-74(51-66-35-25-19-26-36-66)93(120)104(17)79(49-63(9)10)94(121)101(14)75(47-61(5)6)82(108)56-70(50-65-33-23-18-24-34-65)90(117)102(15)77(48-62(7)8)88(115)98-73(46-60(3)4)92(119)100(13)76(52-67-37-27-20-28-38-67)81(107)54-69(86(113)97-72)41-42-85(111)112/h18-21,23-30,33-40,59-64,69-79H,22,31-32,41-58H2,1-17H3,(H,95,114)(H,96,109)(H,97,113)(H,98,115)(H,111,112)/t64-,69+,70+,71-,72-,73-,74-,75-,76-,77-,78-,79-/m0/s1. The molecule has 0 aliphatic carbocycles. The largest absolute Gasteiger partial charge is 0.481 e. The van der Waals surface area contributed by atoms with Gasteiger partial charge in [-0.3, -0.25) is 71.9 Å². The number of carbonyl (C=O) groups excluding carboxylic acids is 14. The summed E-state index contributed by atoms with van der Waals surface area (Å²) in [4.78, 5) is 236. The molecule has 2 fully saturated rings. The number of nitrogens with one attached hydrogen (secondary N) is 4. The third-order valence-corrected chi connectivity index (χ3v) is 23.1. The molecule has 0 saturated carbocycles. The molecule has 2 saturated heterocycles. The second-order valence-corrected chi connectivity index (χ2v) is 35.6. The van der Waals surface area contributed by atoms with E-state index in [9.17, 15) is 24.3 Å². The normalized spacial score (nSPS) is 22.9. The maximum atomic E-state index is 15.8. The second-order valence-electron chi connectivity index (χ2n) is 35.6. The summed E-state index contributed by atoms with van der Waals surface area (Å²) in [6.45, 7) is 20.3. The number of likely N-dealkylation sites (N-methyl/N-ethyl adjacent to an activating group) is 6. The Morgan fingerprint density at radius 2 is 0.884 bits per heavy atom. The van der Waals surface area contributed by atoms with Crippen LogP contribution in [0.1, 0.15) is 188 Å². The third-order valence-electron chi connectivity index (χ3n) is 23.1. The highest BCUT2D eigenvalue weighted by Crippen LogP contribution is 2.29. The second kappa shape index (κ2) is 48.2. The van der Waals surface area contributed by atoms with Gasteiger partial charge in [0.2, 0.25) is 65.0 Å². The van der Waals surface area contributed by atoms with Crippen molar-refractivity contribution in [2.45, 2.75) is 246 Å². The number of aliphatic carboxylic acids is 1. The van der Waals surface area contributed by atoms with Crippen LogP contribution in [0.2, 0.25) is 0 Å². The molecule has 4 aromatic carbocycles. The SMILES string of the molecule is CC(C)C[C@@H]1NC(=O)[C@H](CCC(=O)O)CC(=O)[C@H](Cc2ccccc2)N(C)C(=O)[C@H](CC(C)C)NC(=O)[C@H](CC(C)C)N(C)C(=O)[C@H](Cc2ccccc2)CC(=O)[C@H](CC(C)C)N(C)C(=O)[C@H](CC(C)C)N(C)C(=O)[C@H](Cc2ccccc2)NC(=O)CN(C)C(=O)C[C@@H](C(=O)N(C)[C@@H](Cc2ccccc2)C(=O)N[C@@H](C)C(=O)N2CCCCC2)CC1=O. The number of rotatable bonds is 26. The lowest BCUT2D eigenvalue weighted by atomic mass is 9.87. The number of carboxylic acids is 1. The van der Waals surface area contributed by atoms with E-state index in [1.165, 1.54) is 61.9 Å². The average molecular weight is 1680 g/mol. The monoisotopic (exact) mass is 1670 g/mol. The highest BCUT2D eigenvalue weighted by Gasteiger charge is 2.44. The van der Waals surface area contributed by atoms with Gasteiger partial charge in [-0.15, -0.1) is 0 Å². The van der Waals surface area contributed by atoms with Gasteiger partial charge in [0.25, 0.3) is 0 Å². The molecule has 12 atom stereocenters. The highest BCUT2D eigenvalue weighted by atomic mass is 16.4. The molecular weight excluding hydrogens is 1540 g/mol. The summed E-state index contributed by atoms with van der Waals surface area (Å²) in [7, 11) is 8.46. The molecule has 6 rings (SSSR count). The molecule has 27 nitrogen and oxygen atoms in total. The fourth-order valence-electron chi connectivity index (χ4n) is 16.2. The summed E-state index contributed by atoms with van der Waals surface area (Å²) < 4.78 is 0. The summed E-state index contributed by atoms with van der Waals surface area (Å²) in [5, 5.41) is 21.7. The van der Waals surface area contributed by atoms with E-state index in [4.69, 9.17) is 0 Å². The van der Waals surface area contributed by atoms with Gasteiger partial charge in [-0.1, -0.05) is 191 Å². The van der Waals surface area contributed by atoms with Crippen molar-refractivity contribution in [3.63, 3.8) is 0 Å². The maximum Gasteiger partial charge on any atom is 0.303 e. The Balaban J connectivity index is 1.55. The van der Waals surface area contributed by atoms with Gasteiger partial charge in [0.05, 0.1) is 30.6 Å². The van der Waals surface area contributed by atoms with Crippen LogP contribution in [0.25, 0.3) is 0 Å². The van der Waals surface area contributed by atoms with Crippen LogP contribution in [0.5, 0.6) is 0 Å². The molecule has 0 unspecified atom stereocenters. The molecule has 2 aliphatic heterocycles. The number of piperidine rings is 1. The Morgan fingerprint density at radius 1 is 0.446 bits per heavy atom. The lowest BCUT2D eigenvalue weighted by Crippen LogP contribution is -2.58. The minimum atomic E-state index is -1.64. The van der Waals surface area contributed by atoms with Crippen LogP contribution in [0.4, 0.5) is 0 Å². The van der Waals surface area contributed by atoms with E-state index < -0.39 is 200 Å². The van der Waals surface area contributed by atoms with E-state index in [0.29, 0.717) is 35.3 Å². The quantitative estimate of drug-likeness (QED) is 0.0392. The first-order chi connectivity index (χ1) is 57.1. The summed E-state index contributed by atoms with van der Waals surface area (Å²) in [5.41, 5.74) is 2.52. The number of carbonyl (C=O) groups is 15. The van der Waals surface area contributed by atoms with E-state index in [1.807, 2.05) is 73.6 Å². The third kappa shape index (κ3) is 30.9. The van der Waals surface area contributed by atoms with Crippen LogP contribution < -0.4 is 21.3 Å². The predicted octanol–water partition coefficient (Wildman–Crippen LogP) is 8.75. The fraction of sp³-hybridized carbons (Fsp3) is 0.585. The first-order valence-corrected chi connectivity index (χ1v) is 43.2. The van der Waals surface area contributed by atoms with Gasteiger partial charge in [0.1, 0.15) is 36.3 Å². The zero-order valence-electron chi connectivity index (χ0n) is 74.4. The van der Waals surface area contributed by atoms with Gasteiger partial charge in [-0.05, 0) is 129 Å². The number of Topliss-reactive ketones (excluding diaryl/α,β-unsaturated/α-hetero) is 3. The topological polar surface area (TPSA) is 347 Å². The molecule has 4 aromatic rings. The van der Waals surface area contributed by atoms with Crippen molar-refractivity contribution >= 4 is 88.3 Å². The minimum absolute atomic E-state index is 0.0361. The minimum Gasteiger partial charge on any atom is -0.481 e. The molecule has 662 valence electrons. The van der Waals surface area contributed by atoms with Crippen molar-refractivity contribution < 1.29 is 77.0 Å². The summed E-state index contributed by atoms with van der Waals surface area (Å²) >= 11 is 0. The van der Waals surface area contributed by atoms with E-state index >= 15 is 52.7 Å². The van der Waals surface area contributed by atoms with Crippen LogP contribution in [-0.2, 0) is 97.6 Å². The molecule has 11 amide bonds. The van der Waals surface area contributed by atoms with Crippen LogP contribution in [-0.4, -0.2) is 244 Å². The average Bonchev–Trinajstić information content (AvgIpc) is 0.818. The fourth-order valence-corrected chi connectivity index (χ4v) is 16.2. The lowest BCUT2D eigenvalue weighted by Gasteiger charge is -2.37. The van der Waals surface area contributed by atoms with Gasteiger partial charge < -0.3 is 60.7 Å². The molecule has 27 heteroatoms. The Bertz CT molecular complexity index is 4140. The van der Waals surface area contributed by atoms with Crippen LogP contribution in [0.3, 0.4) is 0 Å². The molecular formula is C94H135N11O16. The molecule has 2 heterocycles. The van der Waals surface area contributed by atoms with Gasteiger partial charge in [-0.25, -0.2) is 0 Å². The van der Waals surface area contributed by atoms with E-state index in [0.717, 1.165) is 29.1 Å². The molecule has 5 N–H and O–H groups in total. The molecule has 0 radical (unpaired) electrons. The number of hydrogen-bond acceptors (Lipinski definition) is 15. The Kier molecular flexibility index (Phi) is 39.6. The number of benzene rings is 4. The summed E-state index contributed by atoms with van der Waals surface area (Å²) in [5.74, 6) is -16.5. The zero-order chi connectivity index (χ0) is 89.6. The number of amides is 11. The molecule has 121 heavy (non-hydrogen) atoms. The van der Waals surface area contributed by atoms with Crippen molar-refractivity contribution in [3.05, 3.63) is 144 Å². The number of nitrogens with zero attached hydrogens (tertiary/aromatic N) is 7. The Morgan fingerprint density at radius 3 is 1.41 bits per heavy atom. The van der Waals surface area contributed by atoms with Crippen molar-refractivity contribution in [3.8, 4) is 0 Å². The van der Waals surface area contributed by atoms with Crippen molar-refractivity contribution in [1.82, 2.24) is 55.6 Å². The maximum absolute atomic E-state index is 15.8. The smallest absolute Gasteiger partial charge is 0.303 e. The predicted molar refractivity (Wildman–Crippen MR) is 463 cm³/mol. The summed E-state index contributed by atoms with van der Waals surface area (Å²) in [6, 6.07) is 23.8. The van der Waals surface area contributed by atoms with Crippen LogP contribution in [0.15, 0.2) is 121 Å². The zero-order valence-corrected chi connectivity index (χ0v) is 74.4. The molecule has 2 aliphatic rings. The lowest BCUT2D eigenvalue weighted by molar-refractivity contribution is -0.150. The number of carboxylic acid groups (broad SMARTS) is 1. The van der Waals surface area contributed by atoms with Gasteiger partial charge in [0.15, 0.2) is 17.3 Å². The van der Waals surface area contributed by atoms with Gasteiger partial charge in [-0.2, -0.15) is 0 Å². The first kappa shape index (κ1) is 99.3. The number of hydrogen-bond donors (Lipinski definition) is 5. The summed E-state index contributed by atoms with van der Waals surface area (Å²) in [6.07, 6.45) is -1.16. The van der Waals surface area contributed by atoms with Crippen LogP contribution in [0, 0.1) is 47.3 Å². The Labute approximate surface area is 716 Å². The van der Waals surface area contributed by atoms with Crippen molar-refractivity contribution in [2.75, 3.05) is 61.9 Å². The van der Waals surface area contributed by atoms with Crippen molar-refractivity contribution in [1.29, 1.82) is 0 Å². The van der Waals surface area contributed by atoms with E-state index in [-0.39, 0.29) is 93.3 Å². The highest BCUT2D eigenvalue weighted by molar-refractivity contribution is 6.01. The van der Waals surface area contributed by atoms with E-state index in [2.05, 4.69) is 21.3 Å². The Hall–Kier alpha value is -10.5. The molecule has 0 spiro atoms. The van der Waals surface area contributed by atoms with Gasteiger partial charge >= 0.3 is 5.97 Å². The van der Waals surface area contributed by atoms with E-state index in [1.54, 1.807) is 129 Å². The van der Waals surface area contributed by atoms with Crippen molar-refractivity contribution in [2.24, 2.45) is 47.3 Å². The molecule has 0 bridgehead atoms. The molecule has 0 aromatic heterocycles. The van der Waals surface area contributed by atoms with Gasteiger partial charge in [0, 0.05) is 112 Å². The number of ketones is 3. The van der Waals surface area contributed by atoms with Crippen LogP contribution >= 0.6 is 0 Å².